The van der Waals surface area contributed by atoms with Crippen LogP contribution in [0.25, 0.3) is 0 Å². The maximum atomic E-state index is 12.2. The Morgan fingerprint density at radius 2 is 1.82 bits per heavy atom. The number of carboxylic acid groups (broad SMARTS) is 1. The summed E-state index contributed by atoms with van der Waals surface area (Å²) in [6, 6.07) is 7.01. The lowest BCUT2D eigenvalue weighted by atomic mass is 10.0. The first-order valence-electron chi connectivity index (χ1n) is 7.15. The van der Waals surface area contributed by atoms with Crippen molar-refractivity contribution in [3.05, 3.63) is 29.8 Å². The molecule has 6 nitrogen and oxygen atoms in total. The zero-order chi connectivity index (χ0) is 16.3. The van der Waals surface area contributed by atoms with Gasteiger partial charge in [0.1, 0.15) is 17.3 Å². The lowest BCUT2D eigenvalue weighted by Crippen LogP contribution is -2.44. The Labute approximate surface area is 129 Å². The highest BCUT2D eigenvalue weighted by Crippen LogP contribution is 2.46. The molecule has 0 aromatic heterocycles. The van der Waals surface area contributed by atoms with Gasteiger partial charge in [0.2, 0.25) is 5.91 Å². The molecule has 120 valence electrons. The normalized spacial score (nSPS) is 18.1. The van der Waals surface area contributed by atoms with Gasteiger partial charge in [-0.05, 0) is 37.5 Å². The van der Waals surface area contributed by atoms with Crippen molar-refractivity contribution in [1.29, 1.82) is 0 Å². The van der Waals surface area contributed by atoms with Crippen molar-refractivity contribution in [1.82, 2.24) is 5.32 Å². The minimum atomic E-state index is -1.24. The molecule has 0 spiro atoms. The molecule has 0 aliphatic heterocycles. The first-order chi connectivity index (χ1) is 10.4. The van der Waals surface area contributed by atoms with E-state index >= 15 is 0 Å². The van der Waals surface area contributed by atoms with Gasteiger partial charge in [0.25, 0.3) is 0 Å². The van der Waals surface area contributed by atoms with Gasteiger partial charge in [-0.25, -0.2) is 0 Å². The summed E-state index contributed by atoms with van der Waals surface area (Å²) in [6.45, 7) is 1.80. The molecule has 1 fully saturated rings. The molecule has 0 radical (unpaired) electrons. The Kier molecular flexibility index (Phi) is 4.71. The van der Waals surface area contributed by atoms with Gasteiger partial charge in [0.15, 0.2) is 0 Å². The third-order valence-electron chi connectivity index (χ3n) is 4.11. The van der Waals surface area contributed by atoms with Crippen molar-refractivity contribution in [3.8, 4) is 5.75 Å². The quantitative estimate of drug-likeness (QED) is 0.750. The molecule has 1 amide bonds. The van der Waals surface area contributed by atoms with E-state index in [-0.39, 0.29) is 12.1 Å². The van der Waals surface area contributed by atoms with E-state index < -0.39 is 17.3 Å². The summed E-state index contributed by atoms with van der Waals surface area (Å²) in [5.41, 5.74) is -0.358. The fraction of sp³-hybridized carbons (Fsp3) is 0.500. The van der Waals surface area contributed by atoms with E-state index in [1.807, 2.05) is 24.3 Å². The van der Waals surface area contributed by atoms with Crippen molar-refractivity contribution in [2.45, 2.75) is 31.9 Å². The Morgan fingerprint density at radius 1 is 1.23 bits per heavy atom. The molecule has 22 heavy (non-hydrogen) atoms. The van der Waals surface area contributed by atoms with Crippen molar-refractivity contribution >= 4 is 11.9 Å². The number of nitrogens with one attached hydrogen (secondary N) is 1. The number of benzene rings is 1. The van der Waals surface area contributed by atoms with Gasteiger partial charge in [-0.1, -0.05) is 12.1 Å². The van der Waals surface area contributed by atoms with Crippen LogP contribution in [0.1, 0.15) is 31.4 Å². The molecule has 0 bridgehead atoms. The van der Waals surface area contributed by atoms with Gasteiger partial charge >= 0.3 is 5.97 Å². The van der Waals surface area contributed by atoms with Crippen LogP contribution in [-0.4, -0.2) is 37.2 Å². The van der Waals surface area contributed by atoms with Crippen molar-refractivity contribution in [2.24, 2.45) is 5.41 Å². The third-order valence-corrected chi connectivity index (χ3v) is 4.11. The number of ether oxygens (including phenoxy) is 2. The molecule has 1 aliphatic rings. The Bertz CT molecular complexity index is 550. The summed E-state index contributed by atoms with van der Waals surface area (Å²) >= 11 is 0. The lowest BCUT2D eigenvalue weighted by Gasteiger charge is -2.25. The number of carbonyl (C=O) groups is 2. The van der Waals surface area contributed by atoms with Gasteiger partial charge in [0.05, 0.1) is 13.2 Å². The first-order valence-corrected chi connectivity index (χ1v) is 7.15. The van der Waals surface area contributed by atoms with Crippen LogP contribution in [0.4, 0.5) is 0 Å². The Hall–Kier alpha value is -2.08. The van der Waals surface area contributed by atoms with Gasteiger partial charge in [-0.2, -0.15) is 0 Å². The second kappa shape index (κ2) is 6.36. The maximum Gasteiger partial charge on any atom is 0.319 e. The number of methoxy groups -OCH3 is 2. The van der Waals surface area contributed by atoms with Crippen LogP contribution in [0.15, 0.2) is 24.3 Å². The predicted molar refractivity (Wildman–Crippen MR) is 79.7 cm³/mol. The molecule has 1 aliphatic carbocycles. The number of carboxylic acids is 1. The molecular weight excluding hydrogens is 286 g/mol. The molecule has 1 aromatic rings. The summed E-state index contributed by atoms with van der Waals surface area (Å²) in [5.74, 6) is -0.767. The summed E-state index contributed by atoms with van der Waals surface area (Å²) in [5, 5.41) is 11.9. The van der Waals surface area contributed by atoms with E-state index in [2.05, 4.69) is 5.32 Å². The predicted octanol–water partition coefficient (Wildman–Crippen LogP) is 1.75. The minimum Gasteiger partial charge on any atom is -0.497 e. The largest absolute Gasteiger partial charge is 0.497 e. The smallest absolute Gasteiger partial charge is 0.319 e. The highest BCUT2D eigenvalue weighted by molar-refractivity contribution is 6.04. The zero-order valence-corrected chi connectivity index (χ0v) is 13.0. The van der Waals surface area contributed by atoms with Crippen LogP contribution >= 0.6 is 0 Å². The van der Waals surface area contributed by atoms with Crippen molar-refractivity contribution < 1.29 is 24.2 Å². The monoisotopic (exact) mass is 307 g/mol. The molecule has 1 aromatic carbocycles. The van der Waals surface area contributed by atoms with E-state index in [9.17, 15) is 9.59 Å². The molecule has 2 unspecified atom stereocenters. The fourth-order valence-corrected chi connectivity index (χ4v) is 2.51. The third kappa shape index (κ3) is 3.06. The molecule has 0 heterocycles. The number of carbonyl (C=O) groups excluding carboxylic acids is 1. The van der Waals surface area contributed by atoms with Gasteiger partial charge < -0.3 is 19.9 Å². The second-order valence-corrected chi connectivity index (χ2v) is 5.58. The number of amides is 1. The maximum absolute atomic E-state index is 12.2. The number of rotatable bonds is 7. The Morgan fingerprint density at radius 3 is 2.23 bits per heavy atom. The zero-order valence-electron chi connectivity index (χ0n) is 13.0. The Balaban J connectivity index is 2.07. The molecule has 2 N–H and O–H groups in total. The average Bonchev–Trinajstić information content (AvgIpc) is 3.30. The van der Waals surface area contributed by atoms with Crippen LogP contribution in [0.2, 0.25) is 0 Å². The number of hydrogen-bond donors (Lipinski definition) is 2. The van der Waals surface area contributed by atoms with E-state index in [0.29, 0.717) is 12.8 Å². The first kappa shape index (κ1) is 16.3. The van der Waals surface area contributed by atoms with Crippen LogP contribution in [0.5, 0.6) is 5.75 Å². The van der Waals surface area contributed by atoms with E-state index in [0.717, 1.165) is 11.3 Å². The minimum absolute atomic E-state index is 0.345. The standard InChI is InChI=1S/C16H21NO5/c1-10(17-14(18)16(8-9-16)15(19)20)13(22-3)11-4-6-12(21-2)7-5-11/h4-7,10,13H,8-9H2,1-3H3,(H,17,18)(H,19,20). The van der Waals surface area contributed by atoms with Crippen molar-refractivity contribution in [2.75, 3.05) is 14.2 Å². The molecular formula is C16H21NO5. The summed E-state index contributed by atoms with van der Waals surface area (Å²) in [7, 11) is 3.15. The highest BCUT2D eigenvalue weighted by Gasteiger charge is 2.57. The molecule has 0 saturated heterocycles. The highest BCUT2D eigenvalue weighted by atomic mass is 16.5. The van der Waals surface area contributed by atoms with Crippen LogP contribution in [0.3, 0.4) is 0 Å². The molecule has 2 atom stereocenters. The SMILES string of the molecule is COc1ccc(C(OC)C(C)NC(=O)C2(C(=O)O)CC2)cc1. The summed E-state index contributed by atoms with van der Waals surface area (Å²) in [4.78, 5) is 23.3. The average molecular weight is 307 g/mol. The molecule has 6 heteroatoms. The lowest BCUT2D eigenvalue weighted by molar-refractivity contribution is -0.149. The molecule has 1 saturated carbocycles. The van der Waals surface area contributed by atoms with Gasteiger partial charge in [-0.3, -0.25) is 9.59 Å². The molecule has 2 rings (SSSR count). The summed E-state index contributed by atoms with van der Waals surface area (Å²) < 4.78 is 10.6. The van der Waals surface area contributed by atoms with Crippen LogP contribution in [-0.2, 0) is 14.3 Å². The van der Waals surface area contributed by atoms with Crippen LogP contribution in [0, 0.1) is 5.41 Å². The summed E-state index contributed by atoms with van der Waals surface area (Å²) in [6.07, 6.45) is 0.418. The van der Waals surface area contributed by atoms with E-state index in [1.165, 1.54) is 0 Å². The van der Waals surface area contributed by atoms with E-state index in [1.54, 1.807) is 21.1 Å². The van der Waals surface area contributed by atoms with Crippen LogP contribution < -0.4 is 10.1 Å². The second-order valence-electron chi connectivity index (χ2n) is 5.58. The van der Waals surface area contributed by atoms with Crippen molar-refractivity contribution in [3.63, 3.8) is 0 Å². The van der Waals surface area contributed by atoms with Gasteiger partial charge in [-0.15, -0.1) is 0 Å². The fourth-order valence-electron chi connectivity index (χ4n) is 2.51. The number of aliphatic carboxylic acids is 1. The van der Waals surface area contributed by atoms with Gasteiger partial charge in [0, 0.05) is 7.11 Å². The van der Waals surface area contributed by atoms with E-state index in [4.69, 9.17) is 14.6 Å². The topological polar surface area (TPSA) is 84.9 Å². The number of hydrogen-bond acceptors (Lipinski definition) is 4.